The largest absolute Gasteiger partial charge is 0.342 e. The maximum absolute atomic E-state index is 13.2. The van der Waals surface area contributed by atoms with E-state index in [0.29, 0.717) is 13.1 Å². The van der Waals surface area contributed by atoms with Crippen molar-refractivity contribution in [3.63, 3.8) is 0 Å². The number of carbonyl (C=O) groups excluding carboxylic acids is 2. The van der Waals surface area contributed by atoms with Crippen LogP contribution in [0.25, 0.3) is 0 Å². The summed E-state index contributed by atoms with van der Waals surface area (Å²) in [6.07, 6.45) is 0. The third-order valence-corrected chi connectivity index (χ3v) is 3.00. The number of hydrogen-bond donors (Lipinski definition) is 0. The lowest BCUT2D eigenvalue weighted by molar-refractivity contribution is -0.130. The van der Waals surface area contributed by atoms with Crippen molar-refractivity contribution in [2.75, 3.05) is 24.5 Å². The van der Waals surface area contributed by atoms with Crippen LogP contribution in [0.4, 0.5) is 14.5 Å². The van der Waals surface area contributed by atoms with Crippen LogP contribution >= 0.6 is 0 Å². The van der Waals surface area contributed by atoms with Crippen LogP contribution in [0.15, 0.2) is 18.2 Å². The first-order valence-electron chi connectivity index (χ1n) is 6.41. The Morgan fingerprint density at radius 3 is 2.15 bits per heavy atom. The molecule has 0 unspecified atom stereocenters. The van der Waals surface area contributed by atoms with Gasteiger partial charge in [-0.3, -0.25) is 9.59 Å². The highest BCUT2D eigenvalue weighted by Gasteiger charge is 2.19. The number of halogens is 2. The summed E-state index contributed by atoms with van der Waals surface area (Å²) < 4.78 is 26.1. The summed E-state index contributed by atoms with van der Waals surface area (Å²) in [5, 5.41) is 0. The molecule has 4 nitrogen and oxygen atoms in total. The molecule has 0 saturated heterocycles. The van der Waals surface area contributed by atoms with Gasteiger partial charge in [-0.2, -0.15) is 0 Å². The van der Waals surface area contributed by atoms with E-state index in [0.717, 1.165) is 17.0 Å². The van der Waals surface area contributed by atoms with Crippen molar-refractivity contribution in [3.05, 3.63) is 29.8 Å². The molecule has 0 N–H and O–H groups in total. The molecule has 0 radical (unpaired) electrons. The number of rotatable bonds is 5. The normalized spacial score (nSPS) is 10.2. The highest BCUT2D eigenvalue weighted by Crippen LogP contribution is 2.18. The summed E-state index contributed by atoms with van der Waals surface area (Å²) in [6, 6.07) is 3.12. The molecule has 0 saturated carbocycles. The number of anilines is 1. The van der Waals surface area contributed by atoms with Crippen LogP contribution in [-0.4, -0.2) is 36.3 Å². The molecule has 0 atom stereocenters. The summed E-state index contributed by atoms with van der Waals surface area (Å²) in [4.78, 5) is 26.3. The van der Waals surface area contributed by atoms with Gasteiger partial charge in [-0.15, -0.1) is 0 Å². The first-order valence-corrected chi connectivity index (χ1v) is 6.41. The Balaban J connectivity index is 2.97. The van der Waals surface area contributed by atoms with Crippen LogP contribution in [0.2, 0.25) is 0 Å². The van der Waals surface area contributed by atoms with E-state index in [9.17, 15) is 18.4 Å². The summed E-state index contributed by atoms with van der Waals surface area (Å²) in [5.41, 5.74) is 0.164. The molecular formula is C14H18F2N2O2. The zero-order valence-corrected chi connectivity index (χ0v) is 11.8. The van der Waals surface area contributed by atoms with Crippen molar-refractivity contribution in [2.45, 2.75) is 20.8 Å². The first-order chi connectivity index (χ1) is 9.40. The average Bonchev–Trinajstić information content (AvgIpc) is 2.40. The van der Waals surface area contributed by atoms with Crippen LogP contribution in [0, 0.1) is 11.6 Å². The minimum absolute atomic E-state index is 0.164. The molecule has 110 valence electrons. The summed E-state index contributed by atoms with van der Waals surface area (Å²) >= 11 is 0. The van der Waals surface area contributed by atoms with E-state index in [4.69, 9.17) is 0 Å². The summed E-state index contributed by atoms with van der Waals surface area (Å²) in [5.74, 6) is -2.69. The number of amides is 2. The third kappa shape index (κ3) is 3.76. The van der Waals surface area contributed by atoms with E-state index < -0.39 is 17.5 Å². The van der Waals surface area contributed by atoms with E-state index in [1.54, 1.807) is 4.90 Å². The Labute approximate surface area is 117 Å². The molecule has 0 fully saturated rings. The zero-order valence-electron chi connectivity index (χ0n) is 11.8. The second-order valence-corrected chi connectivity index (χ2v) is 4.27. The fourth-order valence-electron chi connectivity index (χ4n) is 1.85. The van der Waals surface area contributed by atoms with Crippen LogP contribution < -0.4 is 4.90 Å². The number of carbonyl (C=O) groups is 2. The van der Waals surface area contributed by atoms with Gasteiger partial charge in [0.25, 0.3) is 0 Å². The maximum Gasteiger partial charge on any atom is 0.242 e. The van der Waals surface area contributed by atoms with E-state index >= 15 is 0 Å². The molecule has 0 heterocycles. The van der Waals surface area contributed by atoms with Crippen molar-refractivity contribution in [1.29, 1.82) is 0 Å². The topological polar surface area (TPSA) is 40.6 Å². The fraction of sp³-hybridized carbons (Fsp3) is 0.429. The number of nitrogens with zero attached hydrogens (tertiary/aromatic N) is 2. The Morgan fingerprint density at radius 2 is 1.70 bits per heavy atom. The molecular weight excluding hydrogens is 266 g/mol. The zero-order chi connectivity index (χ0) is 15.3. The SMILES string of the molecule is CCN(CC)C(=O)CN(C(C)=O)c1ccc(F)c(F)c1. The number of benzene rings is 1. The number of likely N-dealkylation sites (N-methyl/N-ethyl adjacent to an activating group) is 1. The van der Waals surface area contributed by atoms with E-state index in [2.05, 4.69) is 0 Å². The Bertz CT molecular complexity index is 502. The monoisotopic (exact) mass is 284 g/mol. The quantitative estimate of drug-likeness (QED) is 0.831. The predicted molar refractivity (Wildman–Crippen MR) is 72.3 cm³/mol. The van der Waals surface area contributed by atoms with Gasteiger partial charge in [-0.05, 0) is 26.0 Å². The second kappa shape index (κ2) is 6.98. The van der Waals surface area contributed by atoms with Gasteiger partial charge in [0, 0.05) is 31.8 Å². The van der Waals surface area contributed by atoms with Gasteiger partial charge in [0.05, 0.1) is 0 Å². The van der Waals surface area contributed by atoms with Gasteiger partial charge in [-0.1, -0.05) is 0 Å². The Kier molecular flexibility index (Phi) is 5.61. The Morgan fingerprint density at radius 1 is 1.10 bits per heavy atom. The Hall–Kier alpha value is -1.98. The third-order valence-electron chi connectivity index (χ3n) is 3.00. The van der Waals surface area contributed by atoms with Crippen molar-refractivity contribution in [2.24, 2.45) is 0 Å². The number of hydrogen-bond acceptors (Lipinski definition) is 2. The van der Waals surface area contributed by atoms with E-state index in [1.807, 2.05) is 13.8 Å². The van der Waals surface area contributed by atoms with Crippen LogP contribution in [0.1, 0.15) is 20.8 Å². The molecule has 0 aromatic heterocycles. The first kappa shape index (κ1) is 16.1. The smallest absolute Gasteiger partial charge is 0.242 e. The predicted octanol–water partition coefficient (Wildman–Crippen LogP) is 2.19. The maximum atomic E-state index is 13.2. The molecule has 0 aliphatic rings. The van der Waals surface area contributed by atoms with E-state index in [-0.39, 0.29) is 18.1 Å². The molecule has 0 bridgehead atoms. The minimum Gasteiger partial charge on any atom is -0.342 e. The molecule has 1 rings (SSSR count). The molecule has 0 spiro atoms. The molecule has 6 heteroatoms. The van der Waals surface area contributed by atoms with Crippen molar-refractivity contribution in [3.8, 4) is 0 Å². The van der Waals surface area contributed by atoms with Gasteiger partial charge in [0.1, 0.15) is 6.54 Å². The van der Waals surface area contributed by atoms with Crippen LogP contribution in [0.3, 0.4) is 0 Å². The van der Waals surface area contributed by atoms with Gasteiger partial charge >= 0.3 is 0 Å². The van der Waals surface area contributed by atoms with Crippen molar-refractivity contribution < 1.29 is 18.4 Å². The fourth-order valence-corrected chi connectivity index (χ4v) is 1.85. The van der Waals surface area contributed by atoms with Gasteiger partial charge in [0.15, 0.2) is 11.6 Å². The van der Waals surface area contributed by atoms with Crippen LogP contribution in [-0.2, 0) is 9.59 Å². The highest BCUT2D eigenvalue weighted by atomic mass is 19.2. The molecule has 0 aliphatic carbocycles. The summed E-state index contributed by atoms with van der Waals surface area (Å²) in [7, 11) is 0. The minimum atomic E-state index is -1.05. The molecule has 2 amide bonds. The average molecular weight is 284 g/mol. The van der Waals surface area contributed by atoms with E-state index in [1.165, 1.54) is 13.0 Å². The molecule has 1 aromatic rings. The second-order valence-electron chi connectivity index (χ2n) is 4.27. The molecule has 0 aliphatic heterocycles. The highest BCUT2D eigenvalue weighted by molar-refractivity contribution is 5.97. The standard InChI is InChI=1S/C14H18F2N2O2/c1-4-17(5-2)14(20)9-18(10(3)19)11-6-7-12(15)13(16)8-11/h6-8H,4-5,9H2,1-3H3. The van der Waals surface area contributed by atoms with Gasteiger partial charge < -0.3 is 9.80 Å². The molecule has 1 aromatic carbocycles. The van der Waals surface area contributed by atoms with Gasteiger partial charge in [-0.25, -0.2) is 8.78 Å². The van der Waals surface area contributed by atoms with Gasteiger partial charge in [0.2, 0.25) is 11.8 Å². The van der Waals surface area contributed by atoms with Crippen LogP contribution in [0.5, 0.6) is 0 Å². The summed E-state index contributed by atoms with van der Waals surface area (Å²) in [6.45, 7) is 5.80. The molecule has 20 heavy (non-hydrogen) atoms. The lowest BCUT2D eigenvalue weighted by Gasteiger charge is -2.25. The lowest BCUT2D eigenvalue weighted by Crippen LogP contribution is -2.42. The van der Waals surface area contributed by atoms with Crippen molar-refractivity contribution >= 4 is 17.5 Å². The van der Waals surface area contributed by atoms with Crippen molar-refractivity contribution in [1.82, 2.24) is 4.90 Å². The lowest BCUT2D eigenvalue weighted by atomic mass is 10.2.